The predicted molar refractivity (Wildman–Crippen MR) is 103 cm³/mol. The summed E-state index contributed by atoms with van der Waals surface area (Å²) in [6.07, 6.45) is 2.09. The van der Waals surface area contributed by atoms with Gasteiger partial charge in [0.2, 0.25) is 0 Å². The maximum atomic E-state index is 14.3. The number of aromatic nitrogens is 2. The molecule has 0 N–H and O–H groups in total. The summed E-state index contributed by atoms with van der Waals surface area (Å²) in [5.74, 6) is -1.29. The van der Waals surface area contributed by atoms with Gasteiger partial charge >= 0.3 is 0 Å². The lowest BCUT2D eigenvalue weighted by molar-refractivity contribution is 0.0765. The minimum atomic E-state index is -3.11. The van der Waals surface area contributed by atoms with Crippen LogP contribution in [0, 0.1) is 5.82 Å². The molecule has 0 atom stereocenters. The standard InChI is InChI=1S/C20H18FN3O3S/c21-18-6-5-14(12-19-16-4-2-1-3-15(16)13-22-23-19)11-17(18)20(25)24-7-9-28(26,27)10-8-24/h1-6,11,13H,7-10,12H2. The van der Waals surface area contributed by atoms with Gasteiger partial charge in [-0.1, -0.05) is 30.3 Å². The molecule has 0 radical (unpaired) electrons. The van der Waals surface area contributed by atoms with Gasteiger partial charge < -0.3 is 4.90 Å². The Morgan fingerprint density at radius 2 is 1.86 bits per heavy atom. The van der Waals surface area contributed by atoms with Gasteiger partial charge in [-0.25, -0.2) is 12.8 Å². The van der Waals surface area contributed by atoms with Crippen LogP contribution in [0.4, 0.5) is 4.39 Å². The summed E-state index contributed by atoms with van der Waals surface area (Å²) in [5, 5.41) is 10.1. The van der Waals surface area contributed by atoms with Crippen LogP contribution in [0.2, 0.25) is 0 Å². The lowest BCUT2D eigenvalue weighted by Crippen LogP contribution is -2.44. The molecule has 0 unspecified atom stereocenters. The molecule has 2 heterocycles. The number of halogens is 1. The zero-order valence-corrected chi connectivity index (χ0v) is 15.8. The Kier molecular flexibility index (Phi) is 4.80. The Hall–Kier alpha value is -2.87. The third kappa shape index (κ3) is 3.73. The number of nitrogens with zero attached hydrogens (tertiary/aromatic N) is 3. The second kappa shape index (κ2) is 7.27. The molecule has 8 heteroatoms. The first-order valence-electron chi connectivity index (χ1n) is 8.90. The van der Waals surface area contributed by atoms with E-state index in [4.69, 9.17) is 0 Å². The number of benzene rings is 2. The van der Waals surface area contributed by atoms with E-state index in [0.717, 1.165) is 22.0 Å². The van der Waals surface area contributed by atoms with Gasteiger partial charge in [0, 0.05) is 30.3 Å². The van der Waals surface area contributed by atoms with Crippen molar-refractivity contribution in [2.75, 3.05) is 24.6 Å². The minimum Gasteiger partial charge on any atom is -0.337 e. The van der Waals surface area contributed by atoms with Crippen LogP contribution in [-0.4, -0.2) is 54.0 Å². The summed E-state index contributed by atoms with van der Waals surface area (Å²) < 4.78 is 37.4. The summed E-state index contributed by atoms with van der Waals surface area (Å²) in [6, 6.07) is 12.1. The van der Waals surface area contributed by atoms with Gasteiger partial charge in [-0.3, -0.25) is 4.79 Å². The summed E-state index contributed by atoms with van der Waals surface area (Å²) in [6.45, 7) is 0.166. The van der Waals surface area contributed by atoms with Crippen LogP contribution in [0.15, 0.2) is 48.7 Å². The van der Waals surface area contributed by atoms with E-state index in [1.54, 1.807) is 12.3 Å². The Morgan fingerprint density at radius 1 is 1.11 bits per heavy atom. The maximum Gasteiger partial charge on any atom is 0.256 e. The van der Waals surface area contributed by atoms with Gasteiger partial charge in [-0.2, -0.15) is 10.2 Å². The Morgan fingerprint density at radius 3 is 2.64 bits per heavy atom. The molecule has 0 spiro atoms. The average molecular weight is 399 g/mol. The smallest absolute Gasteiger partial charge is 0.256 e. The number of hydrogen-bond donors (Lipinski definition) is 0. The SMILES string of the molecule is O=C(c1cc(Cc2nncc3ccccc23)ccc1F)N1CCS(=O)(=O)CC1. The van der Waals surface area contributed by atoms with Crippen molar-refractivity contribution < 1.29 is 17.6 Å². The fraction of sp³-hybridized carbons (Fsp3) is 0.250. The van der Waals surface area contributed by atoms with Gasteiger partial charge in [0.1, 0.15) is 5.82 Å². The Balaban J connectivity index is 1.61. The van der Waals surface area contributed by atoms with Gasteiger partial charge in [0.25, 0.3) is 5.91 Å². The van der Waals surface area contributed by atoms with Crippen LogP contribution >= 0.6 is 0 Å². The first-order chi connectivity index (χ1) is 13.4. The highest BCUT2D eigenvalue weighted by Gasteiger charge is 2.27. The molecular weight excluding hydrogens is 381 g/mol. The molecule has 2 aromatic carbocycles. The van der Waals surface area contributed by atoms with E-state index in [-0.39, 0.29) is 30.2 Å². The molecule has 1 fully saturated rings. The molecular formula is C20H18FN3O3S. The molecule has 3 aromatic rings. The number of hydrogen-bond acceptors (Lipinski definition) is 5. The molecule has 28 heavy (non-hydrogen) atoms. The zero-order valence-electron chi connectivity index (χ0n) is 15.0. The molecule has 1 amide bonds. The number of amides is 1. The summed E-state index contributed by atoms with van der Waals surface area (Å²) >= 11 is 0. The normalized spacial score (nSPS) is 16.2. The molecule has 0 saturated carbocycles. The summed E-state index contributed by atoms with van der Waals surface area (Å²) in [7, 11) is -3.11. The van der Waals surface area contributed by atoms with Crippen LogP contribution in [0.25, 0.3) is 10.8 Å². The van der Waals surface area contributed by atoms with Crippen LogP contribution in [0.3, 0.4) is 0 Å². The molecule has 1 aromatic heterocycles. The predicted octanol–water partition coefficient (Wildman–Crippen LogP) is 2.23. The van der Waals surface area contributed by atoms with Gasteiger partial charge in [-0.05, 0) is 17.7 Å². The van der Waals surface area contributed by atoms with Crippen molar-refractivity contribution in [1.82, 2.24) is 15.1 Å². The van der Waals surface area contributed by atoms with Gasteiger partial charge in [0.05, 0.1) is 29.0 Å². The Bertz CT molecular complexity index is 1150. The summed E-state index contributed by atoms with van der Waals surface area (Å²) in [5.41, 5.74) is 1.43. The lowest BCUT2D eigenvalue weighted by atomic mass is 10.0. The zero-order chi connectivity index (χ0) is 19.7. The highest BCUT2D eigenvalue weighted by atomic mass is 32.2. The highest BCUT2D eigenvalue weighted by molar-refractivity contribution is 7.91. The highest BCUT2D eigenvalue weighted by Crippen LogP contribution is 2.21. The average Bonchev–Trinajstić information content (AvgIpc) is 2.69. The quantitative estimate of drug-likeness (QED) is 0.675. The molecule has 1 aliphatic heterocycles. The molecule has 6 nitrogen and oxygen atoms in total. The minimum absolute atomic E-state index is 0.0509. The topological polar surface area (TPSA) is 80.2 Å². The van der Waals surface area contributed by atoms with Crippen LogP contribution in [0.5, 0.6) is 0 Å². The fourth-order valence-corrected chi connectivity index (χ4v) is 4.54. The fourth-order valence-electron chi connectivity index (χ4n) is 3.34. The van der Waals surface area contributed by atoms with Crippen LogP contribution in [-0.2, 0) is 16.3 Å². The van der Waals surface area contributed by atoms with Crippen molar-refractivity contribution in [2.45, 2.75) is 6.42 Å². The number of rotatable bonds is 3. The van der Waals surface area contributed by atoms with E-state index < -0.39 is 21.6 Å². The Labute approximate surface area is 161 Å². The van der Waals surface area contributed by atoms with Gasteiger partial charge in [-0.15, -0.1) is 0 Å². The molecule has 4 rings (SSSR count). The lowest BCUT2D eigenvalue weighted by Gasteiger charge is -2.27. The molecule has 1 saturated heterocycles. The van der Waals surface area contributed by atoms with Crippen molar-refractivity contribution in [2.24, 2.45) is 0 Å². The first kappa shape index (κ1) is 18.5. The van der Waals surface area contributed by atoms with Gasteiger partial charge in [0.15, 0.2) is 9.84 Å². The van der Waals surface area contributed by atoms with Crippen molar-refractivity contribution in [1.29, 1.82) is 0 Å². The molecule has 1 aliphatic rings. The first-order valence-corrected chi connectivity index (χ1v) is 10.7. The summed E-state index contributed by atoms with van der Waals surface area (Å²) in [4.78, 5) is 14.1. The van der Waals surface area contributed by atoms with E-state index in [2.05, 4.69) is 10.2 Å². The molecule has 0 aliphatic carbocycles. The number of carbonyl (C=O) groups excluding carboxylic acids is 1. The second-order valence-corrected chi connectivity index (χ2v) is 9.12. The number of fused-ring (bicyclic) bond motifs is 1. The number of sulfone groups is 1. The van der Waals surface area contributed by atoms with Crippen molar-refractivity contribution in [3.63, 3.8) is 0 Å². The third-order valence-corrected chi connectivity index (χ3v) is 6.52. The monoisotopic (exact) mass is 399 g/mol. The van der Waals surface area contributed by atoms with Crippen LogP contribution < -0.4 is 0 Å². The number of carbonyl (C=O) groups is 1. The van der Waals surface area contributed by atoms with E-state index in [9.17, 15) is 17.6 Å². The van der Waals surface area contributed by atoms with Crippen molar-refractivity contribution in [3.8, 4) is 0 Å². The van der Waals surface area contributed by atoms with E-state index in [0.29, 0.717) is 6.42 Å². The molecule has 144 valence electrons. The van der Waals surface area contributed by atoms with E-state index in [1.807, 2.05) is 24.3 Å². The van der Waals surface area contributed by atoms with E-state index in [1.165, 1.54) is 17.0 Å². The molecule has 0 bridgehead atoms. The second-order valence-electron chi connectivity index (χ2n) is 6.81. The third-order valence-electron chi connectivity index (χ3n) is 4.91. The largest absolute Gasteiger partial charge is 0.337 e. The van der Waals surface area contributed by atoms with Crippen molar-refractivity contribution in [3.05, 3.63) is 71.3 Å². The van der Waals surface area contributed by atoms with E-state index >= 15 is 0 Å². The van der Waals surface area contributed by atoms with Crippen molar-refractivity contribution >= 4 is 26.5 Å². The maximum absolute atomic E-state index is 14.3. The van der Waals surface area contributed by atoms with Crippen LogP contribution in [0.1, 0.15) is 21.6 Å².